The van der Waals surface area contributed by atoms with Crippen molar-refractivity contribution in [1.82, 2.24) is 20.0 Å². The number of nitrogens with one attached hydrogen (secondary N) is 1. The van der Waals surface area contributed by atoms with Gasteiger partial charge in [-0.05, 0) is 19.9 Å². The quantitative estimate of drug-likeness (QED) is 0.899. The Kier molecular flexibility index (Phi) is 4.96. The molecule has 106 valence electrons. The first-order valence-electron chi connectivity index (χ1n) is 7.17. The van der Waals surface area contributed by atoms with Gasteiger partial charge in [-0.25, -0.2) is 0 Å². The molecule has 5 heteroatoms. The average Bonchev–Trinajstić information content (AvgIpc) is 2.76. The fourth-order valence-corrected chi connectivity index (χ4v) is 2.67. The predicted molar refractivity (Wildman–Crippen MR) is 74.7 cm³/mol. The second kappa shape index (κ2) is 6.70. The van der Waals surface area contributed by atoms with Gasteiger partial charge in [0.15, 0.2) is 0 Å². The number of likely N-dealkylation sites (N-methyl/N-ethyl adjacent to an activating group) is 1. The van der Waals surface area contributed by atoms with Crippen molar-refractivity contribution in [2.24, 2.45) is 7.05 Å². The van der Waals surface area contributed by atoms with Crippen LogP contribution in [0.4, 0.5) is 0 Å². The van der Waals surface area contributed by atoms with Crippen molar-refractivity contribution in [2.75, 3.05) is 20.1 Å². The summed E-state index contributed by atoms with van der Waals surface area (Å²) in [5.41, 5.74) is 0.942. The zero-order chi connectivity index (χ0) is 13.7. The van der Waals surface area contributed by atoms with Gasteiger partial charge in [0.1, 0.15) is 6.04 Å². The number of aromatic nitrogens is 2. The fraction of sp³-hybridized carbons (Fsp3) is 0.714. The molecule has 1 aliphatic rings. The van der Waals surface area contributed by atoms with E-state index in [1.165, 1.54) is 19.3 Å². The lowest BCUT2D eigenvalue weighted by Crippen LogP contribution is -2.41. The van der Waals surface area contributed by atoms with Gasteiger partial charge in [0, 0.05) is 31.9 Å². The summed E-state index contributed by atoms with van der Waals surface area (Å²) in [4.78, 5) is 14.6. The minimum Gasteiger partial charge on any atom is -0.341 e. The van der Waals surface area contributed by atoms with E-state index in [1.54, 1.807) is 10.9 Å². The molecular weight excluding hydrogens is 240 g/mol. The van der Waals surface area contributed by atoms with Gasteiger partial charge >= 0.3 is 0 Å². The molecule has 1 atom stereocenters. The monoisotopic (exact) mass is 264 g/mol. The number of nitrogens with zero attached hydrogens (tertiary/aromatic N) is 3. The van der Waals surface area contributed by atoms with Gasteiger partial charge in [0.05, 0.1) is 6.20 Å². The summed E-state index contributed by atoms with van der Waals surface area (Å²) in [5, 5.41) is 7.27. The van der Waals surface area contributed by atoms with Crippen LogP contribution in [-0.2, 0) is 11.8 Å². The minimum atomic E-state index is -0.270. The molecule has 2 heterocycles. The Morgan fingerprint density at radius 1 is 1.26 bits per heavy atom. The molecule has 0 bridgehead atoms. The van der Waals surface area contributed by atoms with E-state index in [0.717, 1.165) is 31.5 Å². The van der Waals surface area contributed by atoms with Gasteiger partial charge in [0.25, 0.3) is 0 Å². The Hall–Kier alpha value is -1.36. The molecular formula is C14H24N4O. The molecule has 1 unspecified atom stereocenters. The largest absolute Gasteiger partial charge is 0.341 e. The number of hydrogen-bond acceptors (Lipinski definition) is 3. The lowest BCUT2D eigenvalue weighted by Gasteiger charge is -2.28. The molecule has 1 aliphatic heterocycles. The van der Waals surface area contributed by atoms with E-state index >= 15 is 0 Å². The van der Waals surface area contributed by atoms with Crippen LogP contribution >= 0.6 is 0 Å². The zero-order valence-electron chi connectivity index (χ0n) is 11.9. The van der Waals surface area contributed by atoms with Crippen LogP contribution in [0.2, 0.25) is 0 Å². The molecule has 0 aliphatic carbocycles. The van der Waals surface area contributed by atoms with Crippen molar-refractivity contribution in [3.63, 3.8) is 0 Å². The van der Waals surface area contributed by atoms with E-state index in [9.17, 15) is 4.79 Å². The summed E-state index contributed by atoms with van der Waals surface area (Å²) in [6, 6.07) is -0.270. The van der Waals surface area contributed by atoms with E-state index in [1.807, 2.05) is 25.2 Å². The topological polar surface area (TPSA) is 50.2 Å². The van der Waals surface area contributed by atoms with E-state index in [0.29, 0.717) is 0 Å². The molecule has 0 spiro atoms. The van der Waals surface area contributed by atoms with E-state index in [-0.39, 0.29) is 11.9 Å². The van der Waals surface area contributed by atoms with Crippen molar-refractivity contribution in [2.45, 2.75) is 38.1 Å². The fourth-order valence-electron chi connectivity index (χ4n) is 2.67. The Morgan fingerprint density at radius 3 is 2.42 bits per heavy atom. The van der Waals surface area contributed by atoms with Gasteiger partial charge in [-0.15, -0.1) is 0 Å². The maximum Gasteiger partial charge on any atom is 0.244 e. The van der Waals surface area contributed by atoms with Crippen LogP contribution in [0.3, 0.4) is 0 Å². The molecule has 19 heavy (non-hydrogen) atoms. The number of likely N-dealkylation sites (tertiary alicyclic amines) is 1. The number of aryl methyl sites for hydroxylation is 1. The highest BCUT2D eigenvalue weighted by atomic mass is 16.2. The molecule has 1 aromatic rings. The molecule has 1 fully saturated rings. The van der Waals surface area contributed by atoms with E-state index < -0.39 is 0 Å². The number of amides is 1. The maximum absolute atomic E-state index is 12.6. The van der Waals surface area contributed by atoms with Crippen molar-refractivity contribution < 1.29 is 4.79 Å². The first-order chi connectivity index (χ1) is 9.22. The van der Waals surface area contributed by atoms with Gasteiger partial charge in [0.2, 0.25) is 5.91 Å². The highest BCUT2D eigenvalue weighted by Gasteiger charge is 2.25. The van der Waals surface area contributed by atoms with Crippen molar-refractivity contribution in [3.8, 4) is 0 Å². The van der Waals surface area contributed by atoms with Crippen LogP contribution in [-0.4, -0.2) is 40.7 Å². The molecule has 5 nitrogen and oxygen atoms in total. The van der Waals surface area contributed by atoms with Gasteiger partial charge in [-0.2, -0.15) is 5.10 Å². The SMILES string of the molecule is CNC(C(=O)N1CCCCCCC1)c1cnn(C)c1. The van der Waals surface area contributed by atoms with Crippen molar-refractivity contribution in [1.29, 1.82) is 0 Å². The van der Waals surface area contributed by atoms with E-state index in [2.05, 4.69) is 10.4 Å². The van der Waals surface area contributed by atoms with Crippen molar-refractivity contribution in [3.05, 3.63) is 18.0 Å². The Bertz CT molecular complexity index is 407. The minimum absolute atomic E-state index is 0.178. The Balaban J connectivity index is 2.06. The molecule has 1 N–H and O–H groups in total. The smallest absolute Gasteiger partial charge is 0.244 e. The maximum atomic E-state index is 12.6. The molecule has 2 rings (SSSR count). The summed E-state index contributed by atoms with van der Waals surface area (Å²) in [7, 11) is 3.70. The van der Waals surface area contributed by atoms with Crippen LogP contribution in [0.15, 0.2) is 12.4 Å². The van der Waals surface area contributed by atoms with Gasteiger partial charge < -0.3 is 10.2 Å². The molecule has 0 saturated carbocycles. The normalized spacial score (nSPS) is 18.7. The molecule has 1 saturated heterocycles. The highest BCUT2D eigenvalue weighted by Crippen LogP contribution is 2.18. The average molecular weight is 264 g/mol. The number of rotatable bonds is 3. The predicted octanol–water partition coefficient (Wildman–Crippen LogP) is 1.47. The highest BCUT2D eigenvalue weighted by molar-refractivity contribution is 5.83. The van der Waals surface area contributed by atoms with Crippen LogP contribution in [0.1, 0.15) is 43.7 Å². The molecule has 1 aromatic heterocycles. The molecule has 1 amide bonds. The summed E-state index contributed by atoms with van der Waals surface area (Å²) < 4.78 is 1.74. The summed E-state index contributed by atoms with van der Waals surface area (Å²) >= 11 is 0. The summed E-state index contributed by atoms with van der Waals surface area (Å²) in [6.07, 6.45) is 9.69. The lowest BCUT2D eigenvalue weighted by atomic mass is 10.1. The third-order valence-electron chi connectivity index (χ3n) is 3.76. The second-order valence-corrected chi connectivity index (χ2v) is 5.26. The van der Waals surface area contributed by atoms with Gasteiger partial charge in [-0.3, -0.25) is 9.48 Å². The summed E-state index contributed by atoms with van der Waals surface area (Å²) in [5.74, 6) is 0.178. The Labute approximate surface area is 115 Å². The Morgan fingerprint density at radius 2 is 1.89 bits per heavy atom. The van der Waals surface area contributed by atoms with Crippen LogP contribution in [0.5, 0.6) is 0 Å². The third kappa shape index (κ3) is 3.56. The number of carbonyl (C=O) groups excluding carboxylic acids is 1. The van der Waals surface area contributed by atoms with E-state index in [4.69, 9.17) is 0 Å². The van der Waals surface area contributed by atoms with Crippen molar-refractivity contribution >= 4 is 5.91 Å². The molecule has 0 radical (unpaired) electrons. The number of hydrogen-bond donors (Lipinski definition) is 1. The van der Waals surface area contributed by atoms with Gasteiger partial charge in [-0.1, -0.05) is 19.3 Å². The number of carbonyl (C=O) groups is 1. The summed E-state index contributed by atoms with van der Waals surface area (Å²) in [6.45, 7) is 1.77. The second-order valence-electron chi connectivity index (χ2n) is 5.26. The lowest BCUT2D eigenvalue weighted by molar-refractivity contribution is -0.133. The standard InChI is InChI=1S/C14H24N4O/c1-15-13(12-10-16-17(2)11-12)14(19)18-8-6-4-3-5-7-9-18/h10-11,13,15H,3-9H2,1-2H3. The first kappa shape index (κ1) is 14.1. The van der Waals surface area contributed by atoms with Crippen LogP contribution in [0.25, 0.3) is 0 Å². The third-order valence-corrected chi connectivity index (χ3v) is 3.76. The first-order valence-corrected chi connectivity index (χ1v) is 7.17. The zero-order valence-corrected chi connectivity index (χ0v) is 11.9. The van der Waals surface area contributed by atoms with Crippen LogP contribution < -0.4 is 5.32 Å². The molecule has 0 aromatic carbocycles. The van der Waals surface area contributed by atoms with Crippen LogP contribution in [0, 0.1) is 0 Å².